The fraction of sp³-hybridized carbons (Fsp3) is 0.118. The highest BCUT2D eigenvalue weighted by Crippen LogP contribution is 2.26. The number of carbonyl (C=O) groups is 1. The molecule has 5 nitrogen and oxygen atoms in total. The summed E-state index contributed by atoms with van der Waals surface area (Å²) in [5.74, 6) is 0.761. The van der Waals surface area contributed by atoms with E-state index in [0.717, 1.165) is 28.8 Å². The molecule has 0 aliphatic heterocycles. The van der Waals surface area contributed by atoms with Gasteiger partial charge >= 0.3 is 0 Å². The zero-order valence-corrected chi connectivity index (χ0v) is 12.4. The van der Waals surface area contributed by atoms with E-state index in [2.05, 4.69) is 10.3 Å². The van der Waals surface area contributed by atoms with Crippen LogP contribution in [-0.4, -0.2) is 28.4 Å². The molecule has 0 spiro atoms. The normalized spacial score (nSPS) is 10.5. The second-order valence-corrected chi connectivity index (χ2v) is 4.92. The molecule has 0 N–H and O–H groups in total. The lowest BCUT2D eigenvalue weighted by Gasteiger charge is -2.08. The number of ether oxygens (including phenoxy) is 1. The Morgan fingerprint density at radius 2 is 1.91 bits per heavy atom. The molecule has 0 saturated carbocycles. The van der Waals surface area contributed by atoms with Crippen LogP contribution in [-0.2, 0) is 0 Å². The molecule has 0 atom stereocenters. The minimum absolute atomic E-state index is 0.321. The second kappa shape index (κ2) is 5.81. The number of rotatable bonds is 4. The summed E-state index contributed by atoms with van der Waals surface area (Å²) in [5, 5.41) is 8.09. The fourth-order valence-electron chi connectivity index (χ4n) is 2.34. The first-order valence-electron chi connectivity index (χ1n) is 6.85. The average molecular weight is 293 g/mol. The number of benzene rings is 2. The van der Waals surface area contributed by atoms with Crippen LogP contribution in [0.15, 0.2) is 48.5 Å². The standard InChI is InChI=1S/C17H15N3O2/c1-12-4-3-5-13(10-12)17-16(11-21)18-19-20(17)14-6-8-15(22-2)9-7-14/h3-11H,1-2H3. The third-order valence-corrected chi connectivity index (χ3v) is 3.42. The molecule has 0 aliphatic carbocycles. The molecule has 0 unspecified atom stereocenters. The summed E-state index contributed by atoms with van der Waals surface area (Å²) in [6, 6.07) is 15.3. The van der Waals surface area contributed by atoms with E-state index in [1.165, 1.54) is 0 Å². The third-order valence-electron chi connectivity index (χ3n) is 3.42. The molecule has 0 amide bonds. The lowest BCUT2D eigenvalue weighted by atomic mass is 10.1. The van der Waals surface area contributed by atoms with Gasteiger partial charge in [-0.15, -0.1) is 5.10 Å². The summed E-state index contributed by atoms with van der Waals surface area (Å²) >= 11 is 0. The van der Waals surface area contributed by atoms with Crippen LogP contribution in [0.2, 0.25) is 0 Å². The molecule has 3 rings (SSSR count). The molecular weight excluding hydrogens is 278 g/mol. The molecule has 0 fully saturated rings. The maximum absolute atomic E-state index is 11.3. The van der Waals surface area contributed by atoms with Gasteiger partial charge in [-0.05, 0) is 37.3 Å². The predicted octanol–water partition coefficient (Wildman–Crippen LogP) is 3.06. The van der Waals surface area contributed by atoms with Crippen molar-refractivity contribution in [1.82, 2.24) is 15.0 Å². The van der Waals surface area contributed by atoms with Crippen LogP contribution < -0.4 is 4.74 Å². The van der Waals surface area contributed by atoms with Gasteiger partial charge in [0.15, 0.2) is 12.0 Å². The van der Waals surface area contributed by atoms with Crippen LogP contribution in [0.3, 0.4) is 0 Å². The summed E-state index contributed by atoms with van der Waals surface area (Å²) in [4.78, 5) is 11.3. The highest BCUT2D eigenvalue weighted by molar-refractivity contribution is 5.84. The van der Waals surface area contributed by atoms with Crippen molar-refractivity contribution in [2.24, 2.45) is 0 Å². The quantitative estimate of drug-likeness (QED) is 0.694. The number of hydrogen-bond acceptors (Lipinski definition) is 4. The smallest absolute Gasteiger partial charge is 0.172 e. The van der Waals surface area contributed by atoms with Gasteiger partial charge in [-0.1, -0.05) is 29.0 Å². The van der Waals surface area contributed by atoms with E-state index in [9.17, 15) is 4.79 Å². The molecule has 1 heterocycles. The van der Waals surface area contributed by atoms with Gasteiger partial charge in [-0.25, -0.2) is 4.68 Å². The zero-order chi connectivity index (χ0) is 15.5. The van der Waals surface area contributed by atoms with Crippen molar-refractivity contribution < 1.29 is 9.53 Å². The first-order chi connectivity index (χ1) is 10.7. The van der Waals surface area contributed by atoms with Crippen molar-refractivity contribution >= 4 is 6.29 Å². The molecule has 110 valence electrons. The van der Waals surface area contributed by atoms with Crippen LogP contribution in [0, 0.1) is 6.92 Å². The lowest BCUT2D eigenvalue weighted by molar-refractivity contribution is 0.111. The monoisotopic (exact) mass is 293 g/mol. The maximum Gasteiger partial charge on any atom is 0.172 e. The van der Waals surface area contributed by atoms with Gasteiger partial charge in [-0.3, -0.25) is 4.79 Å². The third kappa shape index (κ3) is 2.48. The van der Waals surface area contributed by atoms with Crippen LogP contribution in [0.1, 0.15) is 16.1 Å². The summed E-state index contributed by atoms with van der Waals surface area (Å²) in [5.41, 5.74) is 3.84. The first kappa shape index (κ1) is 14.0. The number of methoxy groups -OCH3 is 1. The molecule has 0 saturated heterocycles. The molecule has 0 bridgehead atoms. The Labute approximate surface area is 128 Å². The van der Waals surface area contributed by atoms with Gasteiger partial charge in [0, 0.05) is 5.56 Å². The zero-order valence-electron chi connectivity index (χ0n) is 12.4. The predicted molar refractivity (Wildman–Crippen MR) is 83.5 cm³/mol. The summed E-state index contributed by atoms with van der Waals surface area (Å²) in [7, 11) is 1.62. The average Bonchev–Trinajstić information content (AvgIpc) is 2.99. The maximum atomic E-state index is 11.3. The Kier molecular flexibility index (Phi) is 3.70. The Morgan fingerprint density at radius 3 is 2.55 bits per heavy atom. The number of carbonyl (C=O) groups excluding carboxylic acids is 1. The van der Waals surface area contributed by atoms with E-state index in [0.29, 0.717) is 11.4 Å². The van der Waals surface area contributed by atoms with Crippen molar-refractivity contribution in [1.29, 1.82) is 0 Å². The van der Waals surface area contributed by atoms with Gasteiger partial charge < -0.3 is 4.74 Å². The Hall–Kier alpha value is -2.95. The summed E-state index contributed by atoms with van der Waals surface area (Å²) in [6.07, 6.45) is 0.727. The summed E-state index contributed by atoms with van der Waals surface area (Å²) < 4.78 is 6.83. The molecular formula is C17H15N3O2. The van der Waals surface area contributed by atoms with E-state index in [-0.39, 0.29) is 0 Å². The lowest BCUT2D eigenvalue weighted by Crippen LogP contribution is -2.00. The highest BCUT2D eigenvalue weighted by Gasteiger charge is 2.16. The molecule has 1 aromatic heterocycles. The van der Waals surface area contributed by atoms with Crippen LogP contribution in [0.25, 0.3) is 16.9 Å². The van der Waals surface area contributed by atoms with E-state index in [1.807, 2.05) is 55.5 Å². The second-order valence-electron chi connectivity index (χ2n) is 4.92. The van der Waals surface area contributed by atoms with E-state index >= 15 is 0 Å². The Balaban J connectivity index is 2.16. The molecule has 0 radical (unpaired) electrons. The molecule has 0 aliphatic rings. The van der Waals surface area contributed by atoms with E-state index < -0.39 is 0 Å². The number of hydrogen-bond donors (Lipinski definition) is 0. The molecule has 3 aromatic rings. The minimum atomic E-state index is 0.321. The van der Waals surface area contributed by atoms with Gasteiger partial charge in [-0.2, -0.15) is 0 Å². The molecule has 5 heteroatoms. The van der Waals surface area contributed by atoms with E-state index in [4.69, 9.17) is 4.74 Å². The van der Waals surface area contributed by atoms with E-state index in [1.54, 1.807) is 11.8 Å². The first-order valence-corrected chi connectivity index (χ1v) is 6.85. The van der Waals surface area contributed by atoms with Crippen molar-refractivity contribution in [3.8, 4) is 22.7 Å². The van der Waals surface area contributed by atoms with Gasteiger partial charge in [0.05, 0.1) is 12.8 Å². The number of aryl methyl sites for hydroxylation is 1. The van der Waals surface area contributed by atoms with Crippen LogP contribution >= 0.6 is 0 Å². The summed E-state index contributed by atoms with van der Waals surface area (Å²) in [6.45, 7) is 2.01. The van der Waals surface area contributed by atoms with Crippen LogP contribution in [0.5, 0.6) is 5.75 Å². The van der Waals surface area contributed by atoms with Crippen molar-refractivity contribution in [3.63, 3.8) is 0 Å². The SMILES string of the molecule is COc1ccc(-n2nnc(C=O)c2-c2cccc(C)c2)cc1. The number of aromatic nitrogens is 3. The van der Waals surface area contributed by atoms with Crippen LogP contribution in [0.4, 0.5) is 0 Å². The van der Waals surface area contributed by atoms with Crippen molar-refractivity contribution in [2.45, 2.75) is 6.92 Å². The van der Waals surface area contributed by atoms with Gasteiger partial charge in [0.1, 0.15) is 11.4 Å². The Bertz CT molecular complexity index is 807. The molecule has 2 aromatic carbocycles. The van der Waals surface area contributed by atoms with Gasteiger partial charge in [0.25, 0.3) is 0 Å². The minimum Gasteiger partial charge on any atom is -0.497 e. The van der Waals surface area contributed by atoms with Gasteiger partial charge in [0.2, 0.25) is 0 Å². The van der Waals surface area contributed by atoms with Crippen molar-refractivity contribution in [2.75, 3.05) is 7.11 Å². The van der Waals surface area contributed by atoms with Crippen molar-refractivity contribution in [3.05, 3.63) is 59.8 Å². The number of nitrogens with zero attached hydrogens (tertiary/aromatic N) is 3. The largest absolute Gasteiger partial charge is 0.497 e. The Morgan fingerprint density at radius 1 is 1.14 bits per heavy atom. The fourth-order valence-corrected chi connectivity index (χ4v) is 2.34. The number of aldehydes is 1. The highest BCUT2D eigenvalue weighted by atomic mass is 16.5. The molecule has 22 heavy (non-hydrogen) atoms. The topological polar surface area (TPSA) is 57.0 Å².